The summed E-state index contributed by atoms with van der Waals surface area (Å²) in [6.07, 6.45) is 1.06. The van der Waals surface area contributed by atoms with Crippen molar-refractivity contribution >= 4 is 0 Å². The summed E-state index contributed by atoms with van der Waals surface area (Å²) >= 11 is 0. The first-order chi connectivity index (χ1) is 3.83. The molecule has 1 saturated heterocycles. The Hall–Kier alpha value is -0.120. The van der Waals surface area contributed by atoms with Crippen LogP contribution in [-0.4, -0.2) is 36.3 Å². The zero-order valence-electron chi connectivity index (χ0n) is 5.09. The lowest BCUT2D eigenvalue weighted by Gasteiger charge is -2.06. The van der Waals surface area contributed by atoms with Gasteiger partial charge in [0.25, 0.3) is 0 Å². The normalized spacial score (nSPS) is 31.5. The van der Waals surface area contributed by atoms with E-state index < -0.39 is 0 Å². The summed E-state index contributed by atoms with van der Waals surface area (Å²) in [5.41, 5.74) is 2.25. The highest BCUT2D eigenvalue weighted by Gasteiger charge is 2.17. The Labute approximate surface area is 49.3 Å². The van der Waals surface area contributed by atoms with Crippen LogP contribution in [0.2, 0.25) is 0 Å². The summed E-state index contributed by atoms with van der Waals surface area (Å²) in [6, 6.07) is 0.306. The molecule has 1 rings (SSSR count). The van der Waals surface area contributed by atoms with Gasteiger partial charge in [-0.25, -0.2) is 5.48 Å². The number of hydroxylamine groups is 1. The molecule has 0 aromatic heterocycles. The van der Waals surface area contributed by atoms with E-state index in [4.69, 9.17) is 5.21 Å². The molecular weight excluding hydrogens is 104 g/mol. The van der Waals surface area contributed by atoms with Gasteiger partial charge in [0, 0.05) is 12.6 Å². The van der Waals surface area contributed by atoms with Crippen molar-refractivity contribution in [1.82, 2.24) is 10.4 Å². The molecule has 3 nitrogen and oxygen atoms in total. The van der Waals surface area contributed by atoms with Gasteiger partial charge in [-0.2, -0.15) is 0 Å². The van der Waals surface area contributed by atoms with E-state index in [1.807, 2.05) is 0 Å². The molecule has 0 aromatic rings. The summed E-state index contributed by atoms with van der Waals surface area (Å²) in [6.45, 7) is 2.06. The smallest absolute Gasteiger partial charge is 0.0458 e. The van der Waals surface area contributed by atoms with E-state index in [0.29, 0.717) is 6.04 Å². The molecule has 1 atom stereocenters. The SMILES string of the molecule is CN1CC[C@@H](NO)C1. The van der Waals surface area contributed by atoms with E-state index in [-0.39, 0.29) is 0 Å². The third-order valence-electron chi connectivity index (χ3n) is 1.57. The van der Waals surface area contributed by atoms with Gasteiger partial charge >= 0.3 is 0 Å². The number of likely N-dealkylation sites (N-methyl/N-ethyl adjacent to an activating group) is 1. The first-order valence-corrected chi connectivity index (χ1v) is 2.91. The van der Waals surface area contributed by atoms with Crippen molar-refractivity contribution in [3.8, 4) is 0 Å². The molecule has 1 aliphatic rings. The molecule has 0 aromatic carbocycles. The minimum atomic E-state index is 0.306. The fourth-order valence-electron chi connectivity index (χ4n) is 1.04. The Bertz CT molecular complexity index is 76.8. The second-order valence-electron chi connectivity index (χ2n) is 2.38. The predicted octanol–water partition coefficient (Wildman–Crippen LogP) is -0.331. The van der Waals surface area contributed by atoms with Gasteiger partial charge in [-0.1, -0.05) is 0 Å². The second kappa shape index (κ2) is 2.44. The third-order valence-corrected chi connectivity index (χ3v) is 1.57. The Kier molecular flexibility index (Phi) is 1.83. The van der Waals surface area contributed by atoms with Crippen molar-refractivity contribution < 1.29 is 5.21 Å². The van der Waals surface area contributed by atoms with Crippen molar-refractivity contribution in [2.45, 2.75) is 12.5 Å². The van der Waals surface area contributed by atoms with Crippen LogP contribution in [0.1, 0.15) is 6.42 Å². The molecule has 0 saturated carbocycles. The van der Waals surface area contributed by atoms with Crippen LogP contribution in [0.3, 0.4) is 0 Å². The summed E-state index contributed by atoms with van der Waals surface area (Å²) < 4.78 is 0. The fourth-order valence-corrected chi connectivity index (χ4v) is 1.04. The van der Waals surface area contributed by atoms with Crippen LogP contribution in [0.15, 0.2) is 0 Å². The second-order valence-corrected chi connectivity index (χ2v) is 2.38. The van der Waals surface area contributed by atoms with E-state index in [1.54, 1.807) is 0 Å². The molecule has 1 aliphatic heterocycles. The Balaban J connectivity index is 2.22. The van der Waals surface area contributed by atoms with Crippen LogP contribution < -0.4 is 5.48 Å². The average Bonchev–Trinajstić information content (AvgIpc) is 2.14. The first kappa shape index (κ1) is 6.01. The Morgan fingerprint density at radius 1 is 1.75 bits per heavy atom. The van der Waals surface area contributed by atoms with Gasteiger partial charge in [0.1, 0.15) is 0 Å². The zero-order chi connectivity index (χ0) is 5.98. The van der Waals surface area contributed by atoms with E-state index in [0.717, 1.165) is 19.5 Å². The summed E-state index contributed by atoms with van der Waals surface area (Å²) in [7, 11) is 2.05. The van der Waals surface area contributed by atoms with Crippen molar-refractivity contribution in [1.29, 1.82) is 0 Å². The van der Waals surface area contributed by atoms with Crippen LogP contribution in [0.4, 0.5) is 0 Å². The topological polar surface area (TPSA) is 35.5 Å². The van der Waals surface area contributed by atoms with Gasteiger partial charge in [-0.05, 0) is 20.0 Å². The van der Waals surface area contributed by atoms with Crippen molar-refractivity contribution in [2.75, 3.05) is 20.1 Å². The molecular formula is C5H12N2O. The minimum Gasteiger partial charge on any atom is -0.316 e. The van der Waals surface area contributed by atoms with Gasteiger partial charge in [-0.15, -0.1) is 0 Å². The molecule has 0 unspecified atom stereocenters. The molecule has 0 spiro atoms. The van der Waals surface area contributed by atoms with Crippen LogP contribution in [-0.2, 0) is 0 Å². The van der Waals surface area contributed by atoms with Gasteiger partial charge in [-0.3, -0.25) is 0 Å². The minimum absolute atomic E-state index is 0.306. The average molecular weight is 116 g/mol. The third kappa shape index (κ3) is 1.18. The predicted molar refractivity (Wildman–Crippen MR) is 30.8 cm³/mol. The van der Waals surface area contributed by atoms with E-state index in [2.05, 4.69) is 17.4 Å². The van der Waals surface area contributed by atoms with Gasteiger partial charge in [0.05, 0.1) is 0 Å². The maximum absolute atomic E-state index is 8.41. The molecule has 0 radical (unpaired) electrons. The molecule has 8 heavy (non-hydrogen) atoms. The molecule has 1 fully saturated rings. The van der Waals surface area contributed by atoms with Crippen LogP contribution in [0.5, 0.6) is 0 Å². The van der Waals surface area contributed by atoms with Gasteiger partial charge in [0.2, 0.25) is 0 Å². The highest BCUT2D eigenvalue weighted by Crippen LogP contribution is 2.04. The number of hydrogen-bond donors (Lipinski definition) is 2. The quantitative estimate of drug-likeness (QED) is 0.460. The lowest BCUT2D eigenvalue weighted by atomic mass is 10.3. The molecule has 0 bridgehead atoms. The number of nitrogens with one attached hydrogen (secondary N) is 1. The highest BCUT2D eigenvalue weighted by molar-refractivity contribution is 4.75. The maximum Gasteiger partial charge on any atom is 0.0458 e. The maximum atomic E-state index is 8.41. The zero-order valence-corrected chi connectivity index (χ0v) is 5.09. The highest BCUT2D eigenvalue weighted by atomic mass is 16.5. The van der Waals surface area contributed by atoms with Crippen molar-refractivity contribution in [3.63, 3.8) is 0 Å². The molecule has 2 N–H and O–H groups in total. The summed E-state index contributed by atoms with van der Waals surface area (Å²) in [5.74, 6) is 0. The van der Waals surface area contributed by atoms with Crippen molar-refractivity contribution in [3.05, 3.63) is 0 Å². The standard InChI is InChI=1S/C5H12N2O/c1-7-3-2-5(4-7)6-8/h5-6,8H,2-4H2,1H3/t5-/m1/s1. The van der Waals surface area contributed by atoms with Gasteiger partial charge in [0.15, 0.2) is 0 Å². The molecule has 48 valence electrons. The van der Waals surface area contributed by atoms with E-state index in [9.17, 15) is 0 Å². The number of rotatable bonds is 1. The first-order valence-electron chi connectivity index (χ1n) is 2.91. The van der Waals surface area contributed by atoms with E-state index in [1.165, 1.54) is 0 Å². The van der Waals surface area contributed by atoms with Crippen molar-refractivity contribution in [2.24, 2.45) is 0 Å². The molecule has 0 amide bonds. The summed E-state index contributed by atoms with van der Waals surface area (Å²) in [5, 5.41) is 8.41. The van der Waals surface area contributed by atoms with Gasteiger partial charge < -0.3 is 10.1 Å². The molecule has 3 heteroatoms. The number of nitrogens with zero attached hydrogens (tertiary/aromatic N) is 1. The lowest BCUT2D eigenvalue weighted by Crippen LogP contribution is -2.28. The van der Waals surface area contributed by atoms with Crippen LogP contribution >= 0.6 is 0 Å². The monoisotopic (exact) mass is 116 g/mol. The Morgan fingerprint density at radius 3 is 2.75 bits per heavy atom. The number of likely N-dealkylation sites (tertiary alicyclic amines) is 1. The largest absolute Gasteiger partial charge is 0.316 e. The molecule has 0 aliphatic carbocycles. The Morgan fingerprint density at radius 2 is 2.50 bits per heavy atom. The number of hydrogen-bond acceptors (Lipinski definition) is 3. The lowest BCUT2D eigenvalue weighted by molar-refractivity contribution is 0.129. The van der Waals surface area contributed by atoms with E-state index >= 15 is 0 Å². The van der Waals surface area contributed by atoms with Crippen LogP contribution in [0.25, 0.3) is 0 Å². The fraction of sp³-hybridized carbons (Fsp3) is 1.00. The molecule has 1 heterocycles. The summed E-state index contributed by atoms with van der Waals surface area (Å²) in [4.78, 5) is 2.19. The van der Waals surface area contributed by atoms with Crippen LogP contribution in [0, 0.1) is 0 Å².